The van der Waals surface area contributed by atoms with Crippen molar-refractivity contribution in [3.05, 3.63) is 5.82 Å². The zero-order valence-corrected chi connectivity index (χ0v) is 14.1. The molecule has 0 aliphatic rings. The highest BCUT2D eigenvalue weighted by Gasteiger charge is 2.40. The number of aromatic nitrogens is 4. The second-order valence-corrected chi connectivity index (χ2v) is 7.12. The molecule has 120 valence electrons. The summed E-state index contributed by atoms with van der Waals surface area (Å²) in [6.07, 6.45) is 2.66. The highest BCUT2D eigenvalue weighted by molar-refractivity contribution is 5.76. The average Bonchev–Trinajstić information content (AvgIpc) is 2.77. The van der Waals surface area contributed by atoms with E-state index in [1.54, 1.807) is 0 Å². The molecule has 1 aromatic heterocycles. The minimum absolute atomic E-state index is 0.233. The van der Waals surface area contributed by atoms with Gasteiger partial charge in [0.05, 0.1) is 0 Å². The van der Waals surface area contributed by atoms with E-state index in [2.05, 4.69) is 43.2 Å². The van der Waals surface area contributed by atoms with Gasteiger partial charge in [0.1, 0.15) is 0 Å². The molecule has 0 fully saturated rings. The third-order valence-corrected chi connectivity index (χ3v) is 4.00. The summed E-state index contributed by atoms with van der Waals surface area (Å²) in [5.41, 5.74) is -0.808. The highest BCUT2D eigenvalue weighted by atomic mass is 16.4. The monoisotopic (exact) mass is 296 g/mol. The SMILES string of the molecule is CCC(CC)(C(=O)O)n1nnnc1CC(C)CC(C)(C)C. The van der Waals surface area contributed by atoms with Crippen LogP contribution in [-0.2, 0) is 16.8 Å². The summed E-state index contributed by atoms with van der Waals surface area (Å²) in [5, 5.41) is 21.4. The maximum Gasteiger partial charge on any atom is 0.331 e. The minimum Gasteiger partial charge on any atom is -0.479 e. The minimum atomic E-state index is -1.04. The first kappa shape index (κ1) is 17.6. The van der Waals surface area contributed by atoms with E-state index in [-0.39, 0.29) is 5.41 Å². The van der Waals surface area contributed by atoms with Crippen LogP contribution in [0.15, 0.2) is 0 Å². The van der Waals surface area contributed by atoms with Crippen molar-refractivity contribution in [2.75, 3.05) is 0 Å². The summed E-state index contributed by atoms with van der Waals surface area (Å²) in [7, 11) is 0. The fourth-order valence-electron chi connectivity index (χ4n) is 3.04. The molecule has 0 radical (unpaired) electrons. The lowest BCUT2D eigenvalue weighted by molar-refractivity contribution is -0.149. The Labute approximate surface area is 126 Å². The van der Waals surface area contributed by atoms with Crippen LogP contribution in [0.4, 0.5) is 0 Å². The number of carbonyl (C=O) groups is 1. The van der Waals surface area contributed by atoms with E-state index in [1.165, 1.54) is 4.68 Å². The molecule has 1 atom stereocenters. The molecule has 6 nitrogen and oxygen atoms in total. The van der Waals surface area contributed by atoms with Crippen LogP contribution in [-0.4, -0.2) is 31.3 Å². The van der Waals surface area contributed by atoms with Crippen LogP contribution >= 0.6 is 0 Å². The van der Waals surface area contributed by atoms with Crippen molar-refractivity contribution in [1.29, 1.82) is 0 Å². The smallest absolute Gasteiger partial charge is 0.331 e. The van der Waals surface area contributed by atoms with E-state index < -0.39 is 11.5 Å². The van der Waals surface area contributed by atoms with Crippen molar-refractivity contribution in [1.82, 2.24) is 20.2 Å². The number of carboxylic acid groups (broad SMARTS) is 1. The summed E-state index contributed by atoms with van der Waals surface area (Å²) in [4.78, 5) is 11.7. The summed E-state index contributed by atoms with van der Waals surface area (Å²) in [6.45, 7) is 12.5. The number of hydrogen-bond acceptors (Lipinski definition) is 4. The number of nitrogens with zero attached hydrogens (tertiary/aromatic N) is 4. The van der Waals surface area contributed by atoms with Crippen LogP contribution < -0.4 is 0 Å². The molecular formula is C15H28N4O2. The summed E-state index contributed by atoms with van der Waals surface area (Å²) >= 11 is 0. The second-order valence-electron chi connectivity index (χ2n) is 7.12. The Morgan fingerprint density at radius 1 is 1.29 bits per heavy atom. The van der Waals surface area contributed by atoms with E-state index in [0.717, 1.165) is 6.42 Å². The predicted molar refractivity (Wildman–Crippen MR) is 80.9 cm³/mol. The van der Waals surface area contributed by atoms with E-state index in [1.807, 2.05) is 13.8 Å². The first-order chi connectivity index (χ1) is 9.66. The molecule has 0 spiro atoms. The molecule has 1 rings (SSSR count). The quantitative estimate of drug-likeness (QED) is 0.836. The molecule has 0 bridgehead atoms. The van der Waals surface area contributed by atoms with Gasteiger partial charge in [-0.25, -0.2) is 9.48 Å². The van der Waals surface area contributed by atoms with Crippen molar-refractivity contribution in [2.45, 2.75) is 72.8 Å². The normalized spacial score (nSPS) is 14.2. The molecule has 6 heteroatoms. The Morgan fingerprint density at radius 2 is 1.86 bits per heavy atom. The predicted octanol–water partition coefficient (Wildman–Crippen LogP) is 2.89. The van der Waals surface area contributed by atoms with Crippen LogP contribution in [0.2, 0.25) is 0 Å². The van der Waals surface area contributed by atoms with E-state index in [0.29, 0.717) is 31.0 Å². The molecule has 0 amide bonds. The van der Waals surface area contributed by atoms with Crippen molar-refractivity contribution >= 4 is 5.97 Å². The third-order valence-electron chi connectivity index (χ3n) is 4.00. The van der Waals surface area contributed by atoms with Gasteiger partial charge in [0.2, 0.25) is 0 Å². The maximum atomic E-state index is 11.7. The zero-order valence-electron chi connectivity index (χ0n) is 14.1. The molecule has 0 saturated carbocycles. The van der Waals surface area contributed by atoms with Gasteiger partial charge in [-0.1, -0.05) is 41.5 Å². The van der Waals surface area contributed by atoms with Crippen molar-refractivity contribution in [3.63, 3.8) is 0 Å². The lowest BCUT2D eigenvalue weighted by Crippen LogP contribution is -2.43. The van der Waals surface area contributed by atoms with E-state index in [9.17, 15) is 9.90 Å². The highest BCUT2D eigenvalue weighted by Crippen LogP contribution is 2.29. The standard InChI is InChI=1S/C15H28N4O2/c1-7-15(8-2,13(20)21)19-12(16-17-18-19)9-11(3)10-14(4,5)6/h11H,7-10H2,1-6H3,(H,20,21). The summed E-state index contributed by atoms with van der Waals surface area (Å²) in [6, 6.07) is 0. The molecule has 0 aromatic carbocycles. The number of tetrazole rings is 1. The van der Waals surface area contributed by atoms with Gasteiger partial charge in [-0.15, -0.1) is 5.10 Å². The van der Waals surface area contributed by atoms with E-state index >= 15 is 0 Å². The van der Waals surface area contributed by atoms with Crippen LogP contribution in [0.5, 0.6) is 0 Å². The van der Waals surface area contributed by atoms with Gasteiger partial charge in [0, 0.05) is 6.42 Å². The Morgan fingerprint density at radius 3 is 2.29 bits per heavy atom. The summed E-state index contributed by atoms with van der Waals surface area (Å²) < 4.78 is 1.52. The third kappa shape index (κ3) is 4.02. The molecule has 1 heterocycles. The average molecular weight is 296 g/mol. The first-order valence-electron chi connectivity index (χ1n) is 7.67. The molecular weight excluding hydrogens is 268 g/mol. The number of carboxylic acids is 1. The molecule has 1 unspecified atom stereocenters. The molecule has 0 saturated heterocycles. The van der Waals surface area contributed by atoms with Crippen LogP contribution in [0.25, 0.3) is 0 Å². The van der Waals surface area contributed by atoms with Crippen LogP contribution in [0.3, 0.4) is 0 Å². The Kier molecular flexibility index (Phi) is 5.48. The molecule has 1 N–H and O–H groups in total. The fourth-order valence-corrected chi connectivity index (χ4v) is 3.04. The molecule has 1 aromatic rings. The van der Waals surface area contributed by atoms with Gasteiger partial charge in [-0.3, -0.25) is 0 Å². The van der Waals surface area contributed by atoms with Crippen molar-refractivity contribution < 1.29 is 9.90 Å². The van der Waals surface area contributed by atoms with Gasteiger partial charge in [-0.2, -0.15) is 0 Å². The van der Waals surface area contributed by atoms with Crippen LogP contribution in [0, 0.1) is 11.3 Å². The van der Waals surface area contributed by atoms with Crippen LogP contribution in [0.1, 0.15) is 66.6 Å². The molecule has 0 aliphatic heterocycles. The zero-order chi connectivity index (χ0) is 16.3. The first-order valence-corrected chi connectivity index (χ1v) is 7.67. The topological polar surface area (TPSA) is 80.9 Å². The van der Waals surface area contributed by atoms with Gasteiger partial charge < -0.3 is 5.11 Å². The largest absolute Gasteiger partial charge is 0.479 e. The summed E-state index contributed by atoms with van der Waals surface area (Å²) in [5.74, 6) is 0.192. The van der Waals surface area contributed by atoms with Gasteiger partial charge in [0.15, 0.2) is 11.4 Å². The number of aliphatic carboxylic acids is 1. The van der Waals surface area contributed by atoms with Gasteiger partial charge in [-0.05, 0) is 41.0 Å². The molecule has 21 heavy (non-hydrogen) atoms. The number of rotatable bonds is 7. The number of hydrogen-bond donors (Lipinski definition) is 1. The fraction of sp³-hybridized carbons (Fsp3) is 0.867. The van der Waals surface area contributed by atoms with Crippen molar-refractivity contribution in [3.8, 4) is 0 Å². The Balaban J connectivity index is 3.03. The maximum absolute atomic E-state index is 11.7. The van der Waals surface area contributed by atoms with Gasteiger partial charge >= 0.3 is 5.97 Å². The Bertz CT molecular complexity index is 472. The Hall–Kier alpha value is -1.46. The molecule has 0 aliphatic carbocycles. The van der Waals surface area contributed by atoms with Gasteiger partial charge in [0.25, 0.3) is 0 Å². The second kappa shape index (κ2) is 6.54. The lowest BCUT2D eigenvalue weighted by atomic mass is 9.84. The van der Waals surface area contributed by atoms with E-state index in [4.69, 9.17) is 0 Å². The van der Waals surface area contributed by atoms with Crippen molar-refractivity contribution in [2.24, 2.45) is 11.3 Å². The lowest BCUT2D eigenvalue weighted by Gasteiger charge is -2.28.